The fourth-order valence-corrected chi connectivity index (χ4v) is 9.29. The summed E-state index contributed by atoms with van der Waals surface area (Å²) in [6, 6.07) is 40.2. The Hall–Kier alpha value is -3.50. The minimum absolute atomic E-state index is 0.190. The summed E-state index contributed by atoms with van der Waals surface area (Å²) in [5.74, 6) is 1.47. The van der Waals surface area contributed by atoms with Gasteiger partial charge in [-0.05, 0) is 78.6 Å². The van der Waals surface area contributed by atoms with Crippen LogP contribution in [0.2, 0.25) is 0 Å². The number of fused-ring (bicyclic) bond motifs is 2. The Balaban J connectivity index is 1.67. The number of nitrogens with zero attached hydrogens (tertiary/aromatic N) is 1. The average molecular weight is 580 g/mol. The third-order valence-electron chi connectivity index (χ3n) is 7.35. The van der Waals surface area contributed by atoms with Crippen molar-refractivity contribution in [2.45, 2.75) is 31.6 Å². The smallest absolute Gasteiger partial charge is 0.231 e. The van der Waals surface area contributed by atoms with Crippen LogP contribution in [0, 0.1) is 0 Å². The Morgan fingerprint density at radius 1 is 0.732 bits per heavy atom. The van der Waals surface area contributed by atoms with Crippen LogP contribution in [0.15, 0.2) is 115 Å². The van der Waals surface area contributed by atoms with E-state index < -0.39 is 23.7 Å². The monoisotopic (exact) mass is 579 g/mol. The molecule has 6 heteroatoms. The second-order valence-corrected chi connectivity index (χ2v) is 15.6. The van der Waals surface area contributed by atoms with Gasteiger partial charge in [-0.1, -0.05) is 103 Å². The van der Waals surface area contributed by atoms with Gasteiger partial charge in [0, 0.05) is 7.05 Å². The summed E-state index contributed by atoms with van der Waals surface area (Å²) in [5.41, 5.74) is 2.18. The maximum absolute atomic E-state index is 14.1. The zero-order valence-corrected chi connectivity index (χ0v) is 25.5. The lowest BCUT2D eigenvalue weighted by atomic mass is 9.93. The first-order valence-corrected chi connectivity index (χ1v) is 16.2. The van der Waals surface area contributed by atoms with Crippen LogP contribution in [0.1, 0.15) is 37.9 Å². The molecule has 0 saturated heterocycles. The highest BCUT2D eigenvalue weighted by molar-refractivity contribution is 7.84. The van der Waals surface area contributed by atoms with Crippen LogP contribution >= 0.6 is 7.92 Å². The molecule has 5 aromatic carbocycles. The van der Waals surface area contributed by atoms with Crippen molar-refractivity contribution < 1.29 is 13.7 Å². The topological polar surface area (TPSA) is 38.8 Å². The Morgan fingerprint density at radius 2 is 1.29 bits per heavy atom. The van der Waals surface area contributed by atoms with Crippen molar-refractivity contribution in [2.75, 3.05) is 13.8 Å². The molecule has 1 aliphatic rings. The fraction of sp³-hybridized carbons (Fsp3) is 0.200. The van der Waals surface area contributed by atoms with E-state index in [1.165, 1.54) is 10.6 Å². The molecule has 0 aliphatic carbocycles. The molecule has 208 valence electrons. The average Bonchev–Trinajstić information content (AvgIpc) is 3.45. The maximum Gasteiger partial charge on any atom is 0.231 e. The summed E-state index contributed by atoms with van der Waals surface area (Å²) in [6.07, 6.45) is 0. The first kappa shape index (κ1) is 27.7. The molecule has 0 N–H and O–H groups in total. The normalized spacial score (nSPS) is 14.5. The molecule has 2 atom stereocenters. The van der Waals surface area contributed by atoms with E-state index >= 15 is 0 Å². The molecule has 0 saturated carbocycles. The molecule has 0 bridgehead atoms. The standard InChI is InChI=1S/C35H34NO3PS/c1-35(2,3)41(37)36(4)34(29-21-13-15-25-14-11-12-20-28(25)29)30-22-31-32(39-24-38-31)23-33(30)40(26-16-7-5-8-17-26)27-18-9-6-10-19-27/h5-23,34H,24H2,1-4H3/t34-,41-/m1/s1. The minimum atomic E-state index is -1.30. The lowest BCUT2D eigenvalue weighted by molar-refractivity contribution is 0.174. The number of benzene rings is 5. The highest BCUT2D eigenvalue weighted by Crippen LogP contribution is 2.45. The zero-order chi connectivity index (χ0) is 28.6. The highest BCUT2D eigenvalue weighted by Gasteiger charge is 2.36. The molecule has 0 spiro atoms. The van der Waals surface area contributed by atoms with Crippen LogP contribution in [-0.4, -0.2) is 27.1 Å². The molecule has 0 amide bonds. The van der Waals surface area contributed by atoms with E-state index in [1.54, 1.807) is 0 Å². The molecule has 0 fully saturated rings. The predicted octanol–water partition coefficient (Wildman–Crippen LogP) is 6.81. The van der Waals surface area contributed by atoms with Gasteiger partial charge in [0.1, 0.15) is 11.0 Å². The van der Waals surface area contributed by atoms with E-state index in [0.717, 1.165) is 38.7 Å². The molecular formula is C35H34NO3PS. The first-order chi connectivity index (χ1) is 19.8. The van der Waals surface area contributed by atoms with Gasteiger partial charge < -0.3 is 9.47 Å². The number of hydrogen-bond donors (Lipinski definition) is 0. The summed E-state index contributed by atoms with van der Waals surface area (Å²) >= 11 is 0. The van der Waals surface area contributed by atoms with Gasteiger partial charge in [-0.2, -0.15) is 0 Å². The Kier molecular flexibility index (Phi) is 7.70. The van der Waals surface area contributed by atoms with Crippen molar-refractivity contribution in [3.63, 3.8) is 0 Å². The van der Waals surface area contributed by atoms with Crippen LogP contribution in [0.25, 0.3) is 10.8 Å². The minimum Gasteiger partial charge on any atom is -0.454 e. The van der Waals surface area contributed by atoms with E-state index in [1.807, 2.05) is 32.1 Å². The van der Waals surface area contributed by atoms with Gasteiger partial charge in [0.05, 0.1) is 10.8 Å². The summed E-state index contributed by atoms with van der Waals surface area (Å²) in [7, 11) is -0.287. The molecular weight excluding hydrogens is 545 g/mol. The Morgan fingerprint density at radius 3 is 1.93 bits per heavy atom. The quantitative estimate of drug-likeness (QED) is 0.199. The van der Waals surface area contributed by atoms with Crippen LogP contribution in [0.4, 0.5) is 0 Å². The molecule has 4 nitrogen and oxygen atoms in total. The second-order valence-electron chi connectivity index (χ2n) is 11.1. The zero-order valence-electron chi connectivity index (χ0n) is 23.8. The lowest BCUT2D eigenvalue weighted by Crippen LogP contribution is -2.39. The first-order valence-electron chi connectivity index (χ1n) is 13.8. The number of hydrogen-bond acceptors (Lipinski definition) is 3. The largest absolute Gasteiger partial charge is 0.454 e. The van der Waals surface area contributed by atoms with Gasteiger partial charge in [-0.15, -0.1) is 0 Å². The van der Waals surface area contributed by atoms with E-state index in [4.69, 9.17) is 9.47 Å². The van der Waals surface area contributed by atoms with E-state index in [9.17, 15) is 4.21 Å². The van der Waals surface area contributed by atoms with E-state index in [0.29, 0.717) is 0 Å². The molecule has 41 heavy (non-hydrogen) atoms. The summed E-state index contributed by atoms with van der Waals surface area (Å²) in [6.45, 7) is 6.28. The van der Waals surface area contributed by atoms with Gasteiger partial charge in [0.2, 0.25) is 6.79 Å². The van der Waals surface area contributed by atoms with Gasteiger partial charge in [-0.25, -0.2) is 8.51 Å². The molecule has 5 aromatic rings. The van der Waals surface area contributed by atoms with Crippen molar-refractivity contribution in [3.05, 3.63) is 126 Å². The van der Waals surface area contributed by atoms with E-state index in [-0.39, 0.29) is 12.8 Å². The number of ether oxygens (including phenoxy) is 2. The van der Waals surface area contributed by atoms with Gasteiger partial charge in [-0.3, -0.25) is 0 Å². The Bertz CT molecular complexity index is 1660. The highest BCUT2D eigenvalue weighted by atomic mass is 32.2. The van der Waals surface area contributed by atoms with Crippen molar-refractivity contribution >= 4 is 45.6 Å². The predicted molar refractivity (Wildman–Crippen MR) is 173 cm³/mol. The number of rotatable bonds is 7. The van der Waals surface area contributed by atoms with Gasteiger partial charge in [0.15, 0.2) is 11.5 Å². The molecule has 0 aromatic heterocycles. The SMILES string of the molecule is CN([C@@H](c1cc2c(cc1P(c1ccccc1)c1ccccc1)OCO2)c1cccc2ccccc12)[S@](=O)C(C)(C)C. The fourth-order valence-electron chi connectivity index (χ4n) is 5.52. The third kappa shape index (κ3) is 5.42. The maximum atomic E-state index is 14.1. The summed E-state index contributed by atoms with van der Waals surface area (Å²) in [4.78, 5) is 0. The molecule has 0 radical (unpaired) electrons. The molecule has 6 rings (SSSR count). The van der Waals surface area contributed by atoms with Crippen LogP contribution in [0.3, 0.4) is 0 Å². The van der Waals surface area contributed by atoms with Gasteiger partial charge in [0.25, 0.3) is 0 Å². The lowest BCUT2D eigenvalue weighted by Gasteiger charge is -2.35. The van der Waals surface area contributed by atoms with Crippen LogP contribution in [0.5, 0.6) is 11.5 Å². The van der Waals surface area contributed by atoms with Crippen LogP contribution in [-0.2, 0) is 11.0 Å². The molecule has 0 unspecified atom stereocenters. The molecule has 1 aliphatic heterocycles. The van der Waals surface area contributed by atoms with Crippen LogP contribution < -0.4 is 25.4 Å². The van der Waals surface area contributed by atoms with E-state index in [2.05, 4.69) is 115 Å². The second kappa shape index (κ2) is 11.4. The van der Waals surface area contributed by atoms with Crippen molar-refractivity contribution in [3.8, 4) is 11.5 Å². The van der Waals surface area contributed by atoms with Crippen molar-refractivity contribution in [1.82, 2.24) is 4.31 Å². The Labute approximate surface area is 246 Å². The van der Waals surface area contributed by atoms with Gasteiger partial charge >= 0.3 is 0 Å². The third-order valence-corrected chi connectivity index (χ3v) is 11.6. The summed E-state index contributed by atoms with van der Waals surface area (Å²) < 4.78 is 27.6. The van der Waals surface area contributed by atoms with Crippen molar-refractivity contribution in [1.29, 1.82) is 0 Å². The molecule has 1 heterocycles. The summed E-state index contributed by atoms with van der Waals surface area (Å²) in [5, 5.41) is 5.94. The van der Waals surface area contributed by atoms with Crippen molar-refractivity contribution in [2.24, 2.45) is 0 Å².